The Morgan fingerprint density at radius 1 is 1.09 bits per heavy atom. The fourth-order valence-corrected chi connectivity index (χ4v) is 4.94. The van der Waals surface area contributed by atoms with Crippen LogP contribution in [0.3, 0.4) is 0 Å². The molecule has 2 aliphatic rings. The summed E-state index contributed by atoms with van der Waals surface area (Å²) >= 11 is 0. The maximum Gasteiger partial charge on any atom is 0.407 e. The number of rotatable bonds is 9. The molecule has 0 aromatic heterocycles. The maximum atomic E-state index is 12.7. The predicted molar refractivity (Wildman–Crippen MR) is 127 cm³/mol. The first kappa shape index (κ1) is 23.4. The van der Waals surface area contributed by atoms with Gasteiger partial charge < -0.3 is 20.1 Å². The van der Waals surface area contributed by atoms with Crippen LogP contribution in [0.4, 0.5) is 4.79 Å². The molecule has 4 rings (SSSR count). The van der Waals surface area contributed by atoms with Gasteiger partial charge in [0.1, 0.15) is 13.2 Å². The number of carboxylic acid groups (broad SMARTS) is 1. The van der Waals surface area contributed by atoms with Gasteiger partial charge in [-0.2, -0.15) is 0 Å². The number of nitrogens with one attached hydrogen (secondary N) is 1. The minimum absolute atomic E-state index is 0.0225. The van der Waals surface area contributed by atoms with E-state index in [1.54, 1.807) is 0 Å². The highest BCUT2D eigenvalue weighted by molar-refractivity contribution is 5.82. The molecule has 7 nitrogen and oxygen atoms in total. The van der Waals surface area contributed by atoms with Crippen LogP contribution in [-0.4, -0.2) is 54.2 Å². The van der Waals surface area contributed by atoms with Crippen molar-refractivity contribution in [3.05, 3.63) is 59.7 Å². The lowest BCUT2D eigenvalue weighted by Crippen LogP contribution is -2.47. The summed E-state index contributed by atoms with van der Waals surface area (Å²) in [5.74, 6) is 0.894. The number of terminal acetylenes is 1. The highest BCUT2D eigenvalue weighted by Crippen LogP contribution is 2.45. The molecule has 0 saturated heterocycles. The first-order chi connectivity index (χ1) is 16.4. The summed E-state index contributed by atoms with van der Waals surface area (Å²) in [5.41, 5.74) is 4.22. The Hall–Kier alpha value is -3.79. The Morgan fingerprint density at radius 2 is 1.71 bits per heavy atom. The first-order valence-electron chi connectivity index (χ1n) is 11.4. The largest absolute Gasteiger partial charge is 0.480 e. The van der Waals surface area contributed by atoms with Crippen molar-refractivity contribution in [2.24, 2.45) is 5.41 Å². The second-order valence-electron chi connectivity index (χ2n) is 9.06. The van der Waals surface area contributed by atoms with Crippen LogP contribution < -0.4 is 5.32 Å². The van der Waals surface area contributed by atoms with Crippen LogP contribution in [0.25, 0.3) is 11.1 Å². The SMILES string of the molecule is C#CCN(CC(=O)O)C(=O)CC1(CNC(=O)OCC2c3ccccc3-c3ccccc32)CCC1. The van der Waals surface area contributed by atoms with Crippen molar-refractivity contribution >= 4 is 18.0 Å². The van der Waals surface area contributed by atoms with Crippen molar-refractivity contribution in [2.45, 2.75) is 31.6 Å². The number of aliphatic carboxylic acids is 1. The number of carbonyl (C=O) groups excluding carboxylic acids is 2. The maximum absolute atomic E-state index is 12.7. The van der Waals surface area contributed by atoms with E-state index in [1.165, 1.54) is 0 Å². The van der Waals surface area contributed by atoms with Gasteiger partial charge >= 0.3 is 12.1 Å². The topological polar surface area (TPSA) is 95.9 Å². The number of nitrogens with zero attached hydrogens (tertiary/aromatic N) is 1. The van der Waals surface area contributed by atoms with Crippen molar-refractivity contribution in [1.82, 2.24) is 10.2 Å². The number of hydrogen-bond acceptors (Lipinski definition) is 4. The average molecular weight is 461 g/mol. The zero-order valence-corrected chi connectivity index (χ0v) is 19.0. The van der Waals surface area contributed by atoms with Gasteiger partial charge in [-0.15, -0.1) is 6.42 Å². The third kappa shape index (κ3) is 4.91. The van der Waals surface area contributed by atoms with Gasteiger partial charge in [0.15, 0.2) is 0 Å². The van der Waals surface area contributed by atoms with Crippen molar-refractivity contribution < 1.29 is 24.2 Å². The van der Waals surface area contributed by atoms with Gasteiger partial charge in [-0.05, 0) is 40.5 Å². The molecule has 2 aromatic rings. The lowest BCUT2D eigenvalue weighted by molar-refractivity contribution is -0.145. The van der Waals surface area contributed by atoms with Crippen molar-refractivity contribution in [3.8, 4) is 23.5 Å². The molecule has 1 saturated carbocycles. The van der Waals surface area contributed by atoms with E-state index in [4.69, 9.17) is 16.3 Å². The molecule has 0 bridgehead atoms. The number of benzene rings is 2. The van der Waals surface area contributed by atoms with E-state index in [-0.39, 0.29) is 31.4 Å². The molecular weight excluding hydrogens is 432 g/mol. The van der Waals surface area contributed by atoms with Crippen LogP contribution in [0.1, 0.15) is 42.7 Å². The molecule has 176 valence electrons. The van der Waals surface area contributed by atoms with Crippen molar-refractivity contribution in [3.63, 3.8) is 0 Å². The van der Waals surface area contributed by atoms with Crippen molar-refractivity contribution in [2.75, 3.05) is 26.2 Å². The van der Waals surface area contributed by atoms with E-state index in [0.717, 1.165) is 46.4 Å². The summed E-state index contributed by atoms with van der Waals surface area (Å²) in [5, 5.41) is 11.9. The van der Waals surface area contributed by atoms with Gasteiger partial charge in [0.25, 0.3) is 0 Å². The van der Waals surface area contributed by atoms with Gasteiger partial charge in [-0.3, -0.25) is 9.59 Å². The molecule has 0 aliphatic heterocycles. The highest BCUT2D eigenvalue weighted by Gasteiger charge is 2.40. The molecule has 0 atom stereocenters. The van der Waals surface area contributed by atoms with Gasteiger partial charge in [-0.1, -0.05) is 60.9 Å². The van der Waals surface area contributed by atoms with Gasteiger partial charge in [0.2, 0.25) is 5.91 Å². The molecule has 7 heteroatoms. The van der Waals surface area contributed by atoms with Gasteiger partial charge in [0.05, 0.1) is 6.54 Å². The average Bonchev–Trinajstić information content (AvgIpc) is 3.12. The highest BCUT2D eigenvalue weighted by atomic mass is 16.5. The molecule has 2 aromatic carbocycles. The Labute approximate surface area is 199 Å². The zero-order chi connectivity index (χ0) is 24.1. The van der Waals surface area contributed by atoms with E-state index >= 15 is 0 Å². The lowest BCUT2D eigenvalue weighted by atomic mass is 9.66. The molecule has 0 spiro atoms. The molecule has 0 heterocycles. The molecule has 2 aliphatic carbocycles. The monoisotopic (exact) mass is 460 g/mol. The summed E-state index contributed by atoms with van der Waals surface area (Å²) in [6, 6.07) is 16.3. The fourth-order valence-electron chi connectivity index (χ4n) is 4.94. The van der Waals surface area contributed by atoms with E-state index in [9.17, 15) is 14.4 Å². The molecule has 2 amide bonds. The Morgan fingerprint density at radius 3 is 2.24 bits per heavy atom. The number of ether oxygens (including phenoxy) is 1. The van der Waals surface area contributed by atoms with Crippen LogP contribution in [0.15, 0.2) is 48.5 Å². The van der Waals surface area contributed by atoms with E-state index in [0.29, 0.717) is 6.54 Å². The second-order valence-corrected chi connectivity index (χ2v) is 9.06. The van der Waals surface area contributed by atoms with Crippen LogP contribution in [0, 0.1) is 17.8 Å². The fraction of sp³-hybridized carbons (Fsp3) is 0.370. The minimum atomic E-state index is -1.11. The first-order valence-corrected chi connectivity index (χ1v) is 11.4. The van der Waals surface area contributed by atoms with Crippen LogP contribution in [0.5, 0.6) is 0 Å². The zero-order valence-electron chi connectivity index (χ0n) is 19.0. The lowest BCUT2D eigenvalue weighted by Gasteiger charge is -2.42. The Kier molecular flexibility index (Phi) is 6.87. The molecule has 34 heavy (non-hydrogen) atoms. The summed E-state index contributed by atoms with van der Waals surface area (Å²) in [6.07, 6.45) is 7.42. The number of amides is 2. The number of alkyl carbamates (subject to hydrolysis) is 1. The number of hydrogen-bond donors (Lipinski definition) is 2. The van der Waals surface area contributed by atoms with E-state index < -0.39 is 24.0 Å². The molecular formula is C27H28N2O5. The smallest absolute Gasteiger partial charge is 0.407 e. The minimum Gasteiger partial charge on any atom is -0.480 e. The quantitative estimate of drug-likeness (QED) is 0.557. The standard InChI is InChI=1S/C27H28N2O5/c1-2-14-29(16-25(31)32)24(30)15-27(12-7-13-27)18-28-26(33)34-17-23-21-10-5-3-8-19(21)20-9-4-6-11-22(20)23/h1,3-6,8-11,23H,7,12-18H2,(H,28,33)(H,31,32). The summed E-state index contributed by atoms with van der Waals surface area (Å²) in [4.78, 5) is 37.4. The number of carbonyl (C=O) groups is 3. The third-order valence-electron chi connectivity index (χ3n) is 6.85. The van der Waals surface area contributed by atoms with Crippen LogP contribution >= 0.6 is 0 Å². The Balaban J connectivity index is 1.33. The number of fused-ring (bicyclic) bond motifs is 3. The van der Waals surface area contributed by atoms with Gasteiger partial charge in [0, 0.05) is 18.9 Å². The Bertz CT molecular complexity index is 1090. The summed E-state index contributed by atoms with van der Waals surface area (Å²) in [7, 11) is 0. The van der Waals surface area contributed by atoms with Crippen LogP contribution in [0.2, 0.25) is 0 Å². The molecule has 0 radical (unpaired) electrons. The normalized spacial score (nSPS) is 15.3. The molecule has 2 N–H and O–H groups in total. The van der Waals surface area contributed by atoms with Gasteiger partial charge in [-0.25, -0.2) is 4.79 Å². The predicted octanol–water partition coefficient (Wildman–Crippen LogP) is 3.63. The third-order valence-corrected chi connectivity index (χ3v) is 6.85. The second kappa shape index (κ2) is 10.0. The van der Waals surface area contributed by atoms with E-state index in [1.807, 2.05) is 24.3 Å². The molecule has 1 fully saturated rings. The number of carboxylic acids is 1. The summed E-state index contributed by atoms with van der Waals surface area (Å²) < 4.78 is 5.60. The summed E-state index contributed by atoms with van der Waals surface area (Å²) in [6.45, 7) is 0.0344. The molecule has 0 unspecified atom stereocenters. The van der Waals surface area contributed by atoms with Crippen LogP contribution in [-0.2, 0) is 14.3 Å². The van der Waals surface area contributed by atoms with E-state index in [2.05, 4.69) is 35.5 Å². The van der Waals surface area contributed by atoms with Crippen molar-refractivity contribution in [1.29, 1.82) is 0 Å².